The van der Waals surface area contributed by atoms with Crippen molar-refractivity contribution < 1.29 is 24.5 Å². The van der Waals surface area contributed by atoms with Crippen LogP contribution in [0.4, 0.5) is 0 Å². The molecule has 3 N–H and O–H groups in total. The summed E-state index contributed by atoms with van der Waals surface area (Å²) in [6, 6.07) is 17.3. The van der Waals surface area contributed by atoms with Crippen molar-refractivity contribution in [3.8, 4) is 11.6 Å². The van der Waals surface area contributed by atoms with Crippen LogP contribution in [0.5, 0.6) is 5.88 Å². The van der Waals surface area contributed by atoms with E-state index in [-0.39, 0.29) is 24.1 Å². The molecule has 1 aromatic heterocycles. The molecule has 2 atom stereocenters. The second-order valence-corrected chi connectivity index (χ2v) is 9.29. The fourth-order valence-corrected chi connectivity index (χ4v) is 3.37. The van der Waals surface area contributed by atoms with Crippen LogP contribution in [-0.2, 0) is 4.79 Å². The predicted octanol–water partition coefficient (Wildman–Crippen LogP) is 3.91. The number of aromatic nitrogens is 2. The summed E-state index contributed by atoms with van der Waals surface area (Å²) in [5, 5.41) is 27.0. The van der Waals surface area contributed by atoms with Crippen LogP contribution in [0.1, 0.15) is 54.8 Å². The maximum atomic E-state index is 13.1. The van der Waals surface area contributed by atoms with Crippen LogP contribution in [0.3, 0.4) is 0 Å². The van der Waals surface area contributed by atoms with Crippen molar-refractivity contribution in [2.24, 2.45) is 5.41 Å². The van der Waals surface area contributed by atoms with Gasteiger partial charge in [-0.25, -0.2) is 4.68 Å². The third kappa shape index (κ3) is 6.23. The van der Waals surface area contributed by atoms with E-state index < -0.39 is 24.0 Å². The van der Waals surface area contributed by atoms with Gasteiger partial charge in [-0.15, -0.1) is 0 Å². The zero-order valence-electron chi connectivity index (χ0n) is 19.9. The minimum Gasteiger partial charge on any atom is -0.481 e. The van der Waals surface area contributed by atoms with Crippen molar-refractivity contribution in [1.82, 2.24) is 15.1 Å². The number of ether oxygens (including phenoxy) is 1. The molecular formula is C26H31N3O5. The van der Waals surface area contributed by atoms with Crippen molar-refractivity contribution in [2.75, 3.05) is 6.61 Å². The number of benzene rings is 2. The first-order valence-corrected chi connectivity index (χ1v) is 11.1. The first kappa shape index (κ1) is 25.0. The fourth-order valence-electron chi connectivity index (χ4n) is 3.37. The highest BCUT2D eigenvalue weighted by molar-refractivity contribution is 5.93. The molecule has 34 heavy (non-hydrogen) atoms. The van der Waals surface area contributed by atoms with E-state index in [9.17, 15) is 19.8 Å². The van der Waals surface area contributed by atoms with Crippen molar-refractivity contribution in [2.45, 2.75) is 46.3 Å². The molecule has 8 nitrogen and oxygen atoms in total. The van der Waals surface area contributed by atoms with Gasteiger partial charge in [0.1, 0.15) is 6.61 Å². The summed E-state index contributed by atoms with van der Waals surface area (Å²) in [6.45, 7) is 7.61. The van der Waals surface area contributed by atoms with Gasteiger partial charge in [-0.1, -0.05) is 63.2 Å². The Morgan fingerprint density at radius 1 is 1.09 bits per heavy atom. The summed E-state index contributed by atoms with van der Waals surface area (Å²) in [5.41, 5.74) is 1.99. The minimum absolute atomic E-state index is 0.0218. The van der Waals surface area contributed by atoms with Gasteiger partial charge in [0.15, 0.2) is 5.69 Å². The molecule has 0 bridgehead atoms. The van der Waals surface area contributed by atoms with E-state index in [0.717, 1.165) is 11.1 Å². The van der Waals surface area contributed by atoms with E-state index in [1.54, 1.807) is 12.1 Å². The average Bonchev–Trinajstić information content (AvgIpc) is 3.21. The zero-order chi connectivity index (χ0) is 24.9. The fraction of sp³-hybridized carbons (Fsp3) is 0.346. The number of rotatable bonds is 9. The number of para-hydroxylation sites is 1. The van der Waals surface area contributed by atoms with Gasteiger partial charge in [0.05, 0.1) is 24.3 Å². The van der Waals surface area contributed by atoms with Crippen LogP contribution >= 0.6 is 0 Å². The molecule has 3 rings (SSSR count). The highest BCUT2D eigenvalue weighted by Gasteiger charge is 2.26. The van der Waals surface area contributed by atoms with Gasteiger partial charge in [-0.2, -0.15) is 5.10 Å². The van der Waals surface area contributed by atoms with Crippen LogP contribution in [0, 0.1) is 12.3 Å². The third-order valence-electron chi connectivity index (χ3n) is 5.55. The van der Waals surface area contributed by atoms with E-state index in [2.05, 4.69) is 10.4 Å². The Kier molecular flexibility index (Phi) is 7.73. The highest BCUT2D eigenvalue weighted by atomic mass is 16.5. The number of aryl methyl sites for hydroxylation is 1. The van der Waals surface area contributed by atoms with E-state index in [4.69, 9.17) is 4.74 Å². The van der Waals surface area contributed by atoms with Gasteiger partial charge in [0, 0.05) is 6.07 Å². The molecule has 0 aliphatic heterocycles. The molecular weight excluding hydrogens is 434 g/mol. The van der Waals surface area contributed by atoms with Crippen molar-refractivity contribution in [3.63, 3.8) is 0 Å². The maximum absolute atomic E-state index is 13.1. The van der Waals surface area contributed by atoms with E-state index in [1.807, 2.05) is 70.2 Å². The number of carbonyl (C=O) groups is 2. The molecule has 8 heteroatoms. The SMILES string of the molecule is Cc1ccccc1[C@H](CC(=O)O)NC(=O)c1cc(OC[C@@H](O)C(C)(C)C)n(-c2ccccc2)n1. The van der Waals surface area contributed by atoms with Crippen LogP contribution in [0.15, 0.2) is 60.7 Å². The molecule has 0 radical (unpaired) electrons. The average molecular weight is 466 g/mol. The van der Waals surface area contributed by atoms with Crippen LogP contribution in [-0.4, -0.2) is 44.6 Å². The Balaban J connectivity index is 1.90. The summed E-state index contributed by atoms with van der Waals surface area (Å²) in [4.78, 5) is 24.6. The maximum Gasteiger partial charge on any atom is 0.305 e. The van der Waals surface area contributed by atoms with Crippen molar-refractivity contribution in [1.29, 1.82) is 0 Å². The van der Waals surface area contributed by atoms with Crippen molar-refractivity contribution in [3.05, 3.63) is 77.5 Å². The van der Waals surface area contributed by atoms with Gasteiger partial charge in [0.2, 0.25) is 5.88 Å². The Bertz CT molecular complexity index is 1130. The van der Waals surface area contributed by atoms with E-state index >= 15 is 0 Å². The van der Waals surface area contributed by atoms with Gasteiger partial charge < -0.3 is 20.3 Å². The molecule has 3 aromatic rings. The summed E-state index contributed by atoms with van der Waals surface area (Å²) in [5.74, 6) is -1.25. The number of amides is 1. The molecule has 0 spiro atoms. The smallest absolute Gasteiger partial charge is 0.305 e. The topological polar surface area (TPSA) is 114 Å². The monoisotopic (exact) mass is 465 g/mol. The Morgan fingerprint density at radius 3 is 2.35 bits per heavy atom. The summed E-state index contributed by atoms with van der Waals surface area (Å²) < 4.78 is 7.35. The van der Waals surface area contributed by atoms with Crippen molar-refractivity contribution >= 4 is 11.9 Å². The number of aliphatic hydroxyl groups is 1. The molecule has 1 heterocycles. The number of aliphatic carboxylic acids is 1. The molecule has 0 unspecified atom stereocenters. The third-order valence-corrected chi connectivity index (χ3v) is 5.55. The lowest BCUT2D eigenvalue weighted by Gasteiger charge is -2.25. The second-order valence-electron chi connectivity index (χ2n) is 9.29. The number of hydrogen-bond donors (Lipinski definition) is 3. The lowest BCUT2D eigenvalue weighted by atomic mass is 9.90. The second kappa shape index (κ2) is 10.5. The number of aliphatic hydroxyl groups excluding tert-OH is 1. The molecule has 0 fully saturated rings. The standard InChI is InChI=1S/C26H31N3O5/c1-17-10-8-9-13-19(17)20(15-24(31)32)27-25(33)21-14-23(34-16-22(30)26(2,3)4)29(28-21)18-11-6-5-7-12-18/h5-14,20,22,30H,15-16H2,1-4H3,(H,27,33)(H,31,32)/t20-,22+/m0/s1. The van der Waals surface area contributed by atoms with Gasteiger partial charge in [-0.3, -0.25) is 9.59 Å². The summed E-state index contributed by atoms with van der Waals surface area (Å²) in [7, 11) is 0. The van der Waals surface area contributed by atoms with Crippen LogP contribution in [0.2, 0.25) is 0 Å². The Morgan fingerprint density at radius 2 is 1.74 bits per heavy atom. The summed E-state index contributed by atoms with van der Waals surface area (Å²) >= 11 is 0. The van der Waals surface area contributed by atoms with Crippen LogP contribution in [0.25, 0.3) is 5.69 Å². The largest absolute Gasteiger partial charge is 0.481 e. The molecule has 0 aliphatic carbocycles. The number of carbonyl (C=O) groups excluding carboxylic acids is 1. The molecule has 1 amide bonds. The van der Waals surface area contributed by atoms with Gasteiger partial charge in [0.25, 0.3) is 5.91 Å². The van der Waals surface area contributed by atoms with E-state index in [0.29, 0.717) is 11.6 Å². The molecule has 180 valence electrons. The van der Waals surface area contributed by atoms with Gasteiger partial charge >= 0.3 is 5.97 Å². The molecule has 0 aliphatic rings. The van der Waals surface area contributed by atoms with Gasteiger partial charge in [-0.05, 0) is 35.6 Å². The number of carboxylic acid groups (broad SMARTS) is 1. The molecule has 0 saturated carbocycles. The minimum atomic E-state index is -1.02. The first-order valence-electron chi connectivity index (χ1n) is 11.1. The van der Waals surface area contributed by atoms with Crippen LogP contribution < -0.4 is 10.1 Å². The number of hydrogen-bond acceptors (Lipinski definition) is 5. The molecule has 0 saturated heterocycles. The zero-order valence-corrected chi connectivity index (χ0v) is 19.9. The first-order chi connectivity index (χ1) is 16.1. The number of carboxylic acids is 1. The Hall–Kier alpha value is -3.65. The predicted molar refractivity (Wildman–Crippen MR) is 128 cm³/mol. The number of nitrogens with one attached hydrogen (secondary N) is 1. The molecule has 2 aromatic carbocycles. The lowest BCUT2D eigenvalue weighted by Crippen LogP contribution is -2.32. The highest BCUT2D eigenvalue weighted by Crippen LogP contribution is 2.25. The normalized spacial score (nSPS) is 13.2. The number of nitrogens with zero attached hydrogens (tertiary/aromatic N) is 2. The van der Waals surface area contributed by atoms with E-state index in [1.165, 1.54) is 10.7 Å². The quantitative estimate of drug-likeness (QED) is 0.442. The Labute approximate surface area is 199 Å². The summed E-state index contributed by atoms with van der Waals surface area (Å²) in [6.07, 6.45) is -0.998. The lowest BCUT2D eigenvalue weighted by molar-refractivity contribution is -0.137.